The normalized spacial score (nSPS) is 19.5. The molecular weight excluding hydrogens is 438 g/mol. The number of carbonyl (C=O) groups is 1. The molecular formula is C26H30ClN3O3. The topological polar surface area (TPSA) is 57.8 Å². The first-order valence-electron chi connectivity index (χ1n) is 11.7. The van der Waals surface area contributed by atoms with Crippen LogP contribution in [0.4, 0.5) is 4.79 Å². The number of hydrogen-bond donors (Lipinski definition) is 1. The number of nitrogens with zero attached hydrogens (tertiary/aromatic N) is 2. The van der Waals surface area contributed by atoms with E-state index in [-0.39, 0.29) is 18.2 Å². The molecule has 0 saturated carbocycles. The third-order valence-electron chi connectivity index (χ3n) is 6.76. The summed E-state index contributed by atoms with van der Waals surface area (Å²) >= 11 is 6.28. The van der Waals surface area contributed by atoms with Gasteiger partial charge in [-0.3, -0.25) is 4.90 Å². The van der Waals surface area contributed by atoms with Gasteiger partial charge in [0.2, 0.25) is 0 Å². The number of benzene rings is 2. The van der Waals surface area contributed by atoms with Gasteiger partial charge in [-0.25, -0.2) is 4.79 Å². The Hall–Kier alpha value is -2.70. The Morgan fingerprint density at radius 3 is 2.61 bits per heavy atom. The summed E-state index contributed by atoms with van der Waals surface area (Å²) in [5, 5.41) is 1.83. The second-order valence-corrected chi connectivity index (χ2v) is 9.38. The maximum atomic E-state index is 12.9. The molecule has 0 bridgehead atoms. The number of amides is 1. The minimum atomic E-state index is -0.295. The smallest absolute Gasteiger partial charge is 0.410 e. The van der Waals surface area contributed by atoms with Gasteiger partial charge in [-0.05, 0) is 74.7 Å². The van der Waals surface area contributed by atoms with Crippen molar-refractivity contribution in [2.45, 2.75) is 38.3 Å². The van der Waals surface area contributed by atoms with Crippen LogP contribution in [-0.4, -0.2) is 60.3 Å². The molecule has 0 aliphatic carbocycles. The first-order valence-corrected chi connectivity index (χ1v) is 12.1. The van der Waals surface area contributed by atoms with Crippen LogP contribution in [-0.2, 0) is 11.2 Å². The summed E-state index contributed by atoms with van der Waals surface area (Å²) in [6.45, 7) is 4.89. The molecule has 0 spiro atoms. The molecule has 6 nitrogen and oxygen atoms in total. The van der Waals surface area contributed by atoms with E-state index in [1.807, 2.05) is 42.2 Å². The molecule has 7 heteroatoms. The van der Waals surface area contributed by atoms with Gasteiger partial charge >= 0.3 is 6.09 Å². The van der Waals surface area contributed by atoms with Crippen LogP contribution in [0.3, 0.4) is 0 Å². The number of rotatable bonds is 4. The lowest BCUT2D eigenvalue weighted by molar-refractivity contribution is 0.0931. The lowest BCUT2D eigenvalue weighted by atomic mass is 9.92. The first-order chi connectivity index (χ1) is 16.0. The molecule has 2 aromatic carbocycles. The molecule has 1 aromatic heterocycles. The summed E-state index contributed by atoms with van der Waals surface area (Å²) in [6, 6.07) is 13.8. The van der Waals surface area contributed by atoms with Crippen molar-refractivity contribution in [3.8, 4) is 5.75 Å². The largest absolute Gasteiger partial charge is 0.490 e. The van der Waals surface area contributed by atoms with Crippen molar-refractivity contribution in [3.05, 3.63) is 64.3 Å². The van der Waals surface area contributed by atoms with Crippen molar-refractivity contribution in [1.29, 1.82) is 0 Å². The molecule has 1 saturated heterocycles. The van der Waals surface area contributed by atoms with Crippen molar-refractivity contribution >= 4 is 28.6 Å². The van der Waals surface area contributed by atoms with Crippen LogP contribution in [0.2, 0.25) is 5.02 Å². The van der Waals surface area contributed by atoms with Gasteiger partial charge in [0.25, 0.3) is 0 Å². The zero-order valence-electron chi connectivity index (χ0n) is 19.1. The Balaban J connectivity index is 1.47. The van der Waals surface area contributed by atoms with E-state index >= 15 is 0 Å². The van der Waals surface area contributed by atoms with Crippen LogP contribution in [0.25, 0.3) is 10.9 Å². The highest BCUT2D eigenvalue weighted by molar-refractivity contribution is 6.31. The summed E-state index contributed by atoms with van der Waals surface area (Å²) in [6.07, 6.45) is 2.79. The molecule has 0 radical (unpaired) electrons. The highest BCUT2D eigenvalue weighted by atomic mass is 35.5. The zero-order chi connectivity index (χ0) is 22.9. The minimum absolute atomic E-state index is 0.253. The Labute approximate surface area is 199 Å². The Kier molecular flexibility index (Phi) is 6.21. The van der Waals surface area contributed by atoms with Crippen LogP contribution in [0.1, 0.15) is 42.6 Å². The van der Waals surface area contributed by atoms with E-state index < -0.39 is 0 Å². The maximum absolute atomic E-state index is 12.9. The Morgan fingerprint density at radius 1 is 1.12 bits per heavy atom. The predicted molar refractivity (Wildman–Crippen MR) is 130 cm³/mol. The van der Waals surface area contributed by atoms with Gasteiger partial charge in [0.15, 0.2) is 0 Å². The summed E-state index contributed by atoms with van der Waals surface area (Å²) in [7, 11) is 2.15. The molecule has 174 valence electrons. The number of halogens is 1. The molecule has 0 unspecified atom stereocenters. The molecule has 3 aromatic rings. The van der Waals surface area contributed by atoms with Gasteiger partial charge in [-0.2, -0.15) is 0 Å². The Morgan fingerprint density at radius 2 is 1.88 bits per heavy atom. The van der Waals surface area contributed by atoms with Crippen molar-refractivity contribution in [2.75, 3.05) is 33.3 Å². The fourth-order valence-corrected chi connectivity index (χ4v) is 5.21. The van der Waals surface area contributed by atoms with Crippen LogP contribution >= 0.6 is 11.6 Å². The summed E-state index contributed by atoms with van der Waals surface area (Å²) in [5.74, 6) is 0.871. The van der Waals surface area contributed by atoms with E-state index in [1.165, 1.54) is 5.56 Å². The lowest BCUT2D eigenvalue weighted by Gasteiger charge is -2.35. The fraction of sp³-hybridized carbons (Fsp3) is 0.423. The number of aromatic nitrogens is 1. The average molecular weight is 468 g/mol. The van der Waals surface area contributed by atoms with Crippen molar-refractivity contribution in [2.24, 2.45) is 0 Å². The summed E-state index contributed by atoms with van der Waals surface area (Å²) in [4.78, 5) is 20.6. The number of fused-ring (bicyclic) bond motifs is 3. The predicted octanol–water partition coefficient (Wildman–Crippen LogP) is 5.40. The number of hydrogen-bond acceptors (Lipinski definition) is 4. The molecule has 2 aliphatic heterocycles. The van der Waals surface area contributed by atoms with Gasteiger partial charge in [0.1, 0.15) is 17.9 Å². The SMILES string of the molecule is CCOC(=O)N1CCc2c([nH]c3ccc(Cl)cc23)[C@@H]1c1ccc(OC2CCN(C)CC2)cc1. The number of aromatic amines is 1. The zero-order valence-corrected chi connectivity index (χ0v) is 19.9. The van der Waals surface area contributed by atoms with E-state index in [0.29, 0.717) is 18.2 Å². The van der Waals surface area contributed by atoms with Crippen molar-refractivity contribution < 1.29 is 14.3 Å². The molecule has 1 atom stereocenters. The second-order valence-electron chi connectivity index (χ2n) is 8.94. The number of ether oxygens (including phenoxy) is 2. The standard InChI is InChI=1S/C26H30ClN3O3/c1-3-32-26(31)30-15-12-21-22-16-18(27)6-9-23(22)28-24(21)25(30)17-4-7-19(8-5-17)33-20-10-13-29(2)14-11-20/h4-9,16,20,25,28H,3,10-15H2,1-2H3/t25-/m0/s1. The number of carbonyl (C=O) groups excluding carboxylic acids is 1. The van der Waals surface area contributed by atoms with Gasteiger partial charge < -0.3 is 19.4 Å². The van der Waals surface area contributed by atoms with E-state index in [1.54, 1.807) is 0 Å². The van der Waals surface area contributed by atoms with Gasteiger partial charge in [0.05, 0.1) is 6.61 Å². The molecule has 33 heavy (non-hydrogen) atoms. The molecule has 3 heterocycles. The number of piperidine rings is 1. The Bertz CT molecular complexity index is 1140. The number of likely N-dealkylation sites (tertiary alicyclic amines) is 1. The molecule has 2 aliphatic rings. The van der Waals surface area contributed by atoms with E-state index in [4.69, 9.17) is 21.1 Å². The van der Waals surface area contributed by atoms with E-state index in [9.17, 15) is 4.79 Å². The van der Waals surface area contributed by atoms with Gasteiger partial charge in [0, 0.05) is 41.3 Å². The highest BCUT2D eigenvalue weighted by Crippen LogP contribution is 2.39. The molecule has 5 rings (SSSR count). The van der Waals surface area contributed by atoms with Crippen molar-refractivity contribution in [3.63, 3.8) is 0 Å². The number of nitrogens with one attached hydrogen (secondary N) is 1. The summed E-state index contributed by atoms with van der Waals surface area (Å²) in [5.41, 5.74) is 4.29. The van der Waals surface area contributed by atoms with Crippen LogP contribution in [0.5, 0.6) is 5.75 Å². The summed E-state index contributed by atoms with van der Waals surface area (Å²) < 4.78 is 11.6. The van der Waals surface area contributed by atoms with E-state index in [0.717, 1.165) is 60.3 Å². The monoisotopic (exact) mass is 467 g/mol. The minimum Gasteiger partial charge on any atom is -0.490 e. The van der Waals surface area contributed by atoms with Gasteiger partial charge in [-0.15, -0.1) is 0 Å². The van der Waals surface area contributed by atoms with Crippen molar-refractivity contribution in [1.82, 2.24) is 14.8 Å². The molecule has 1 fully saturated rings. The quantitative estimate of drug-likeness (QED) is 0.558. The molecule has 1 N–H and O–H groups in total. The van der Waals surface area contributed by atoms with Crippen LogP contribution in [0, 0.1) is 0 Å². The maximum Gasteiger partial charge on any atom is 0.410 e. The lowest BCUT2D eigenvalue weighted by Crippen LogP contribution is -2.41. The van der Waals surface area contributed by atoms with Crippen LogP contribution < -0.4 is 4.74 Å². The number of H-pyrrole nitrogens is 1. The third kappa shape index (κ3) is 4.42. The van der Waals surface area contributed by atoms with Gasteiger partial charge in [-0.1, -0.05) is 23.7 Å². The first kappa shape index (κ1) is 22.1. The highest BCUT2D eigenvalue weighted by Gasteiger charge is 2.35. The van der Waals surface area contributed by atoms with E-state index in [2.05, 4.69) is 29.1 Å². The second kappa shape index (κ2) is 9.27. The fourth-order valence-electron chi connectivity index (χ4n) is 5.03. The third-order valence-corrected chi connectivity index (χ3v) is 6.99. The average Bonchev–Trinajstić information content (AvgIpc) is 3.18. The van der Waals surface area contributed by atoms with Crippen LogP contribution in [0.15, 0.2) is 42.5 Å². The molecule has 1 amide bonds.